The van der Waals surface area contributed by atoms with Crippen molar-refractivity contribution in [2.45, 2.75) is 12.5 Å². The van der Waals surface area contributed by atoms with Gasteiger partial charge in [0.05, 0.1) is 6.10 Å². The monoisotopic (exact) mass is 213 g/mol. The molecule has 0 aromatic heterocycles. The second kappa shape index (κ2) is 4.57. The second-order valence-electron chi connectivity index (χ2n) is 3.33. The highest BCUT2D eigenvalue weighted by molar-refractivity contribution is 5.36. The molecule has 4 nitrogen and oxygen atoms in total. The summed E-state index contributed by atoms with van der Waals surface area (Å²) in [7, 11) is 0. The Morgan fingerprint density at radius 2 is 2.47 bits per heavy atom. The van der Waals surface area contributed by atoms with E-state index in [-0.39, 0.29) is 18.7 Å². The van der Waals surface area contributed by atoms with Gasteiger partial charge >= 0.3 is 0 Å². The lowest BCUT2D eigenvalue weighted by Gasteiger charge is -2.25. The Labute approximate surface area is 86.6 Å². The Bertz CT molecular complexity index is 345. The molecule has 1 aliphatic heterocycles. The maximum atomic E-state index is 13.2. The van der Waals surface area contributed by atoms with Gasteiger partial charge in [-0.1, -0.05) is 12.1 Å². The number of rotatable bonds is 3. The van der Waals surface area contributed by atoms with Crippen molar-refractivity contribution in [1.82, 2.24) is 5.48 Å². The highest BCUT2D eigenvalue weighted by Gasteiger charge is 2.22. The van der Waals surface area contributed by atoms with Crippen molar-refractivity contribution in [2.24, 2.45) is 0 Å². The first-order valence-corrected chi connectivity index (χ1v) is 4.70. The number of para-hydroxylation sites is 1. The largest absolute Gasteiger partial charge is 0.488 e. The second-order valence-corrected chi connectivity index (χ2v) is 3.33. The van der Waals surface area contributed by atoms with Gasteiger partial charge in [-0.2, -0.15) is 5.48 Å². The molecule has 2 N–H and O–H groups in total. The third kappa shape index (κ3) is 2.26. The molecule has 5 heteroatoms. The predicted molar refractivity (Wildman–Crippen MR) is 50.3 cm³/mol. The van der Waals surface area contributed by atoms with E-state index in [1.165, 1.54) is 6.07 Å². The summed E-state index contributed by atoms with van der Waals surface area (Å²) < 4.78 is 23.7. The number of hydrogen-bond donors (Lipinski definition) is 2. The van der Waals surface area contributed by atoms with Gasteiger partial charge < -0.3 is 14.7 Å². The van der Waals surface area contributed by atoms with E-state index in [1.54, 1.807) is 12.1 Å². The van der Waals surface area contributed by atoms with Gasteiger partial charge in [-0.3, -0.25) is 0 Å². The van der Waals surface area contributed by atoms with Gasteiger partial charge in [0, 0.05) is 6.42 Å². The SMILES string of the molecule is ONCO[C@H]1COc2c(F)cccc2C1. The van der Waals surface area contributed by atoms with Gasteiger partial charge in [0.1, 0.15) is 13.3 Å². The van der Waals surface area contributed by atoms with Crippen molar-refractivity contribution >= 4 is 0 Å². The molecule has 0 saturated heterocycles. The van der Waals surface area contributed by atoms with E-state index in [9.17, 15) is 4.39 Å². The fourth-order valence-electron chi connectivity index (χ4n) is 1.62. The Morgan fingerprint density at radius 1 is 1.60 bits per heavy atom. The zero-order chi connectivity index (χ0) is 10.7. The Kier molecular flexibility index (Phi) is 3.15. The zero-order valence-corrected chi connectivity index (χ0v) is 8.07. The first kappa shape index (κ1) is 10.4. The van der Waals surface area contributed by atoms with Crippen LogP contribution in [0.4, 0.5) is 4.39 Å². The highest BCUT2D eigenvalue weighted by atomic mass is 19.1. The molecule has 1 atom stereocenters. The minimum Gasteiger partial charge on any atom is -0.488 e. The van der Waals surface area contributed by atoms with Crippen LogP contribution in [-0.2, 0) is 11.2 Å². The van der Waals surface area contributed by atoms with Gasteiger partial charge in [0.2, 0.25) is 0 Å². The molecule has 1 heterocycles. The first-order valence-electron chi connectivity index (χ1n) is 4.70. The molecule has 0 aliphatic carbocycles. The highest BCUT2D eigenvalue weighted by Crippen LogP contribution is 2.28. The van der Waals surface area contributed by atoms with Crippen molar-refractivity contribution in [3.63, 3.8) is 0 Å². The minimum absolute atomic E-state index is 0.0404. The van der Waals surface area contributed by atoms with E-state index in [2.05, 4.69) is 0 Å². The summed E-state index contributed by atoms with van der Waals surface area (Å²) in [6.07, 6.45) is 0.438. The normalized spacial score (nSPS) is 19.5. The Hall–Kier alpha value is -1.17. The molecule has 2 rings (SSSR count). The first-order chi connectivity index (χ1) is 7.31. The molecule has 0 saturated carbocycles. The van der Waals surface area contributed by atoms with E-state index in [4.69, 9.17) is 14.7 Å². The molecule has 1 aromatic rings. The Balaban J connectivity index is 2.07. The molecule has 1 aromatic carbocycles. The maximum Gasteiger partial charge on any atom is 0.165 e. The number of nitrogens with one attached hydrogen (secondary N) is 1. The topological polar surface area (TPSA) is 50.7 Å². The third-order valence-corrected chi connectivity index (χ3v) is 2.29. The van der Waals surface area contributed by atoms with Crippen LogP contribution in [-0.4, -0.2) is 24.6 Å². The number of hydrogen-bond acceptors (Lipinski definition) is 4. The van der Waals surface area contributed by atoms with Crippen LogP contribution in [0.25, 0.3) is 0 Å². The molecule has 0 fully saturated rings. The molecule has 1 aliphatic rings. The number of benzene rings is 1. The molecule has 0 unspecified atom stereocenters. The number of halogens is 1. The predicted octanol–water partition coefficient (Wildman–Crippen LogP) is 1.08. The van der Waals surface area contributed by atoms with Crippen LogP contribution in [0.3, 0.4) is 0 Å². The maximum absolute atomic E-state index is 13.2. The van der Waals surface area contributed by atoms with E-state index >= 15 is 0 Å². The van der Waals surface area contributed by atoms with Crippen LogP contribution in [0.15, 0.2) is 18.2 Å². The fourth-order valence-corrected chi connectivity index (χ4v) is 1.62. The minimum atomic E-state index is -0.341. The fraction of sp³-hybridized carbons (Fsp3) is 0.400. The van der Waals surface area contributed by atoms with Crippen LogP contribution in [0.5, 0.6) is 5.75 Å². The lowest BCUT2D eigenvalue weighted by atomic mass is 10.0. The summed E-state index contributed by atoms with van der Waals surface area (Å²) in [6.45, 7) is 0.342. The van der Waals surface area contributed by atoms with Crippen molar-refractivity contribution in [2.75, 3.05) is 13.3 Å². The number of hydroxylamine groups is 1. The van der Waals surface area contributed by atoms with E-state index < -0.39 is 0 Å². The van der Waals surface area contributed by atoms with Crippen LogP contribution >= 0.6 is 0 Å². The van der Waals surface area contributed by atoms with Crippen molar-refractivity contribution < 1.29 is 19.1 Å². The summed E-state index contributed by atoms with van der Waals surface area (Å²) in [4.78, 5) is 0. The summed E-state index contributed by atoms with van der Waals surface area (Å²) in [6, 6.07) is 4.82. The molecule has 15 heavy (non-hydrogen) atoms. The average Bonchev–Trinajstić information content (AvgIpc) is 2.26. The molecule has 0 spiro atoms. The summed E-state index contributed by atoms with van der Waals surface area (Å²) >= 11 is 0. The smallest absolute Gasteiger partial charge is 0.165 e. The Morgan fingerprint density at radius 3 is 3.27 bits per heavy atom. The quantitative estimate of drug-likeness (QED) is 0.582. The molecule has 0 amide bonds. The van der Waals surface area contributed by atoms with Crippen LogP contribution in [0.1, 0.15) is 5.56 Å². The van der Waals surface area contributed by atoms with Gasteiger partial charge in [-0.25, -0.2) is 4.39 Å². The van der Waals surface area contributed by atoms with E-state index in [0.29, 0.717) is 18.8 Å². The van der Waals surface area contributed by atoms with Gasteiger partial charge in [0.15, 0.2) is 11.6 Å². The molecular formula is C10H12FNO3. The van der Waals surface area contributed by atoms with Crippen molar-refractivity contribution in [1.29, 1.82) is 0 Å². The van der Waals surface area contributed by atoms with E-state index in [0.717, 1.165) is 5.56 Å². The van der Waals surface area contributed by atoms with Gasteiger partial charge in [-0.15, -0.1) is 0 Å². The summed E-state index contributed by atoms with van der Waals surface area (Å²) in [5, 5.41) is 8.36. The molecule has 0 bridgehead atoms. The van der Waals surface area contributed by atoms with Crippen LogP contribution in [0, 0.1) is 5.82 Å². The lowest BCUT2D eigenvalue weighted by molar-refractivity contribution is -0.0423. The van der Waals surface area contributed by atoms with Crippen LogP contribution in [0.2, 0.25) is 0 Å². The average molecular weight is 213 g/mol. The van der Waals surface area contributed by atoms with Gasteiger partial charge in [-0.05, 0) is 11.6 Å². The zero-order valence-electron chi connectivity index (χ0n) is 8.07. The van der Waals surface area contributed by atoms with Crippen LogP contribution < -0.4 is 10.2 Å². The molecular weight excluding hydrogens is 201 g/mol. The van der Waals surface area contributed by atoms with E-state index in [1.807, 2.05) is 5.48 Å². The van der Waals surface area contributed by atoms with Crippen molar-refractivity contribution in [3.8, 4) is 5.75 Å². The third-order valence-electron chi connectivity index (χ3n) is 2.29. The number of fused-ring (bicyclic) bond motifs is 1. The van der Waals surface area contributed by atoms with Crippen molar-refractivity contribution in [3.05, 3.63) is 29.6 Å². The van der Waals surface area contributed by atoms with Gasteiger partial charge in [0.25, 0.3) is 0 Å². The summed E-state index contributed by atoms with van der Waals surface area (Å²) in [5.41, 5.74) is 2.69. The number of ether oxygens (including phenoxy) is 2. The molecule has 0 radical (unpaired) electrons. The standard InChI is InChI=1S/C10H12FNO3/c11-9-3-1-2-7-4-8(15-6-12-13)5-14-10(7)9/h1-3,8,12-13H,4-6H2/t8-/m1/s1. The lowest BCUT2D eigenvalue weighted by Crippen LogP contribution is -2.32. The summed E-state index contributed by atoms with van der Waals surface area (Å²) in [5.74, 6) is -0.0273. The molecule has 82 valence electrons.